The van der Waals surface area contributed by atoms with Crippen LogP contribution in [-0.2, 0) is 10.0 Å². The number of benzene rings is 2. The summed E-state index contributed by atoms with van der Waals surface area (Å²) in [7, 11) is -3.54. The second kappa shape index (κ2) is 6.93. The van der Waals surface area contributed by atoms with E-state index in [1.54, 1.807) is 42.5 Å². The highest BCUT2D eigenvalue weighted by molar-refractivity contribution is 9.10. The van der Waals surface area contributed by atoms with Crippen LogP contribution in [-0.4, -0.2) is 21.6 Å². The molecule has 5 nitrogen and oxygen atoms in total. The van der Waals surface area contributed by atoms with Gasteiger partial charge in [0.1, 0.15) is 12.4 Å². The predicted octanol–water partition coefficient (Wildman–Crippen LogP) is 2.39. The standard InChI is InChI=1S/C14H15BrN2O3S/c15-11-4-3-5-12(10-11)21(18,19)17-8-9-20-14-7-2-1-6-13(14)16/h1-7,10,17H,8-9,16H2. The molecule has 0 aliphatic carbocycles. The summed E-state index contributed by atoms with van der Waals surface area (Å²) in [5.41, 5.74) is 6.25. The number of nitrogen functional groups attached to an aromatic ring is 1. The maximum absolute atomic E-state index is 12.1. The number of anilines is 1. The van der Waals surface area contributed by atoms with Gasteiger partial charge in [-0.25, -0.2) is 13.1 Å². The zero-order valence-electron chi connectivity index (χ0n) is 11.1. The largest absolute Gasteiger partial charge is 0.490 e. The molecule has 3 N–H and O–H groups in total. The topological polar surface area (TPSA) is 81.4 Å². The Morgan fingerprint density at radius 1 is 1.14 bits per heavy atom. The minimum atomic E-state index is -3.54. The molecule has 0 spiro atoms. The zero-order chi connectivity index (χ0) is 15.3. The second-order valence-corrected chi connectivity index (χ2v) is 6.92. The van der Waals surface area contributed by atoms with Crippen LogP contribution in [0.15, 0.2) is 57.9 Å². The molecule has 0 unspecified atom stereocenters. The smallest absolute Gasteiger partial charge is 0.240 e. The Labute approximate surface area is 132 Å². The predicted molar refractivity (Wildman–Crippen MR) is 85.7 cm³/mol. The highest BCUT2D eigenvalue weighted by Gasteiger charge is 2.13. The van der Waals surface area contributed by atoms with Crippen LogP contribution in [0.4, 0.5) is 5.69 Å². The third-order valence-electron chi connectivity index (χ3n) is 2.68. The van der Waals surface area contributed by atoms with Crippen LogP contribution in [0, 0.1) is 0 Å². The van der Waals surface area contributed by atoms with Crippen LogP contribution in [0.5, 0.6) is 5.75 Å². The van der Waals surface area contributed by atoms with Gasteiger partial charge >= 0.3 is 0 Å². The van der Waals surface area contributed by atoms with E-state index in [4.69, 9.17) is 10.5 Å². The Bertz CT molecular complexity index is 720. The van der Waals surface area contributed by atoms with Crippen LogP contribution < -0.4 is 15.2 Å². The van der Waals surface area contributed by atoms with Crippen molar-refractivity contribution in [2.45, 2.75) is 4.90 Å². The number of nitrogens with two attached hydrogens (primary N) is 1. The number of rotatable bonds is 6. The Morgan fingerprint density at radius 2 is 1.90 bits per heavy atom. The summed E-state index contributed by atoms with van der Waals surface area (Å²) >= 11 is 3.24. The highest BCUT2D eigenvalue weighted by Crippen LogP contribution is 2.19. The SMILES string of the molecule is Nc1ccccc1OCCNS(=O)(=O)c1cccc(Br)c1. The van der Waals surface area contributed by atoms with Gasteiger partial charge in [-0.05, 0) is 30.3 Å². The minimum absolute atomic E-state index is 0.156. The van der Waals surface area contributed by atoms with Gasteiger partial charge in [-0.3, -0.25) is 0 Å². The summed E-state index contributed by atoms with van der Waals surface area (Å²) in [6, 6.07) is 13.6. The summed E-state index contributed by atoms with van der Waals surface area (Å²) in [5, 5.41) is 0. The molecule has 112 valence electrons. The molecule has 21 heavy (non-hydrogen) atoms. The number of hydrogen-bond acceptors (Lipinski definition) is 4. The third-order valence-corrected chi connectivity index (χ3v) is 4.63. The summed E-state index contributed by atoms with van der Waals surface area (Å²) in [6.45, 7) is 0.352. The maximum Gasteiger partial charge on any atom is 0.240 e. The van der Waals surface area contributed by atoms with Crippen molar-refractivity contribution in [1.82, 2.24) is 4.72 Å². The molecule has 2 rings (SSSR count). The number of ether oxygens (including phenoxy) is 1. The van der Waals surface area contributed by atoms with E-state index in [0.717, 1.165) is 0 Å². The lowest BCUT2D eigenvalue weighted by Crippen LogP contribution is -2.28. The molecule has 0 aliphatic rings. The molecule has 0 amide bonds. The molecule has 0 saturated heterocycles. The van der Waals surface area contributed by atoms with Gasteiger partial charge in [-0.1, -0.05) is 34.1 Å². The van der Waals surface area contributed by atoms with E-state index in [0.29, 0.717) is 15.9 Å². The van der Waals surface area contributed by atoms with Gasteiger partial charge in [0.2, 0.25) is 10.0 Å². The van der Waals surface area contributed by atoms with Gasteiger partial charge in [0.15, 0.2) is 0 Å². The van der Waals surface area contributed by atoms with Gasteiger partial charge in [-0.15, -0.1) is 0 Å². The van der Waals surface area contributed by atoms with Crippen molar-refractivity contribution in [2.24, 2.45) is 0 Å². The number of nitrogens with one attached hydrogen (secondary N) is 1. The first-order chi connectivity index (χ1) is 9.99. The third kappa shape index (κ3) is 4.45. The van der Waals surface area contributed by atoms with E-state index in [2.05, 4.69) is 20.7 Å². The van der Waals surface area contributed by atoms with Gasteiger partial charge in [0.05, 0.1) is 10.6 Å². The second-order valence-electron chi connectivity index (χ2n) is 4.24. The van der Waals surface area contributed by atoms with E-state index in [9.17, 15) is 8.42 Å². The fourth-order valence-corrected chi connectivity index (χ4v) is 3.28. The molecule has 0 radical (unpaired) electrons. The van der Waals surface area contributed by atoms with Gasteiger partial charge < -0.3 is 10.5 Å². The molecule has 0 atom stereocenters. The van der Waals surface area contributed by atoms with Crippen LogP contribution in [0.1, 0.15) is 0 Å². The van der Waals surface area contributed by atoms with Crippen molar-refractivity contribution >= 4 is 31.6 Å². The van der Waals surface area contributed by atoms with Crippen molar-refractivity contribution in [3.05, 3.63) is 53.0 Å². The molecule has 0 saturated carbocycles. The first kappa shape index (κ1) is 15.8. The molecule has 2 aromatic carbocycles. The van der Waals surface area contributed by atoms with E-state index >= 15 is 0 Å². The van der Waals surface area contributed by atoms with Crippen LogP contribution >= 0.6 is 15.9 Å². The van der Waals surface area contributed by atoms with E-state index in [-0.39, 0.29) is 18.0 Å². The van der Waals surface area contributed by atoms with Gasteiger partial charge in [0.25, 0.3) is 0 Å². The van der Waals surface area contributed by atoms with Crippen molar-refractivity contribution < 1.29 is 13.2 Å². The molecule has 0 aromatic heterocycles. The van der Waals surface area contributed by atoms with E-state index < -0.39 is 10.0 Å². The first-order valence-electron chi connectivity index (χ1n) is 6.21. The average Bonchev–Trinajstić information content (AvgIpc) is 2.45. The summed E-state index contributed by atoms with van der Waals surface area (Å²) in [6.07, 6.45) is 0. The average molecular weight is 371 g/mol. The van der Waals surface area contributed by atoms with Crippen LogP contribution in [0.25, 0.3) is 0 Å². The Kier molecular flexibility index (Phi) is 5.22. The van der Waals surface area contributed by atoms with Crippen LogP contribution in [0.3, 0.4) is 0 Å². The summed E-state index contributed by atoms with van der Waals surface area (Å²) < 4.78 is 32.7. The van der Waals surface area contributed by atoms with Crippen molar-refractivity contribution in [1.29, 1.82) is 0 Å². The van der Waals surface area contributed by atoms with Gasteiger partial charge in [-0.2, -0.15) is 0 Å². The molecule has 0 aliphatic heterocycles. The first-order valence-corrected chi connectivity index (χ1v) is 8.49. The van der Waals surface area contributed by atoms with Crippen molar-refractivity contribution in [3.8, 4) is 5.75 Å². The normalized spacial score (nSPS) is 11.3. The van der Waals surface area contributed by atoms with Crippen molar-refractivity contribution in [3.63, 3.8) is 0 Å². The molecular weight excluding hydrogens is 356 g/mol. The Hall–Kier alpha value is -1.57. The lowest BCUT2D eigenvalue weighted by molar-refractivity contribution is 0.324. The molecule has 0 bridgehead atoms. The lowest BCUT2D eigenvalue weighted by Gasteiger charge is -2.10. The monoisotopic (exact) mass is 370 g/mol. The quantitative estimate of drug-likeness (QED) is 0.604. The van der Waals surface area contributed by atoms with Crippen LogP contribution in [0.2, 0.25) is 0 Å². The lowest BCUT2D eigenvalue weighted by atomic mass is 10.3. The fourth-order valence-electron chi connectivity index (χ4n) is 1.67. The molecule has 0 heterocycles. The number of hydrogen-bond donors (Lipinski definition) is 2. The maximum atomic E-state index is 12.1. The summed E-state index contributed by atoms with van der Waals surface area (Å²) in [5.74, 6) is 0.541. The Balaban J connectivity index is 1.90. The fraction of sp³-hybridized carbons (Fsp3) is 0.143. The van der Waals surface area contributed by atoms with Gasteiger partial charge in [0, 0.05) is 11.0 Å². The molecule has 0 fully saturated rings. The van der Waals surface area contributed by atoms with E-state index in [1.165, 1.54) is 6.07 Å². The number of para-hydroxylation sites is 2. The molecule has 7 heteroatoms. The Morgan fingerprint density at radius 3 is 2.62 bits per heavy atom. The molecular formula is C14H15BrN2O3S. The number of halogens is 1. The van der Waals surface area contributed by atoms with Crippen molar-refractivity contribution in [2.75, 3.05) is 18.9 Å². The zero-order valence-corrected chi connectivity index (χ0v) is 13.5. The molecule has 2 aromatic rings. The summed E-state index contributed by atoms with van der Waals surface area (Å²) in [4.78, 5) is 0.205. The minimum Gasteiger partial charge on any atom is -0.490 e. The highest BCUT2D eigenvalue weighted by atomic mass is 79.9. The number of sulfonamides is 1. The van der Waals surface area contributed by atoms with E-state index in [1.807, 2.05) is 0 Å².